The average molecular weight is 2030 g/mol. The number of pyridine rings is 8. The van der Waals surface area contributed by atoms with E-state index < -0.39 is 119 Å². The summed E-state index contributed by atoms with van der Waals surface area (Å²) in [5, 5.41) is 10.3. The Hall–Kier alpha value is -17.9. The molecule has 12 aromatic rings. The van der Waals surface area contributed by atoms with Crippen LogP contribution in [0.5, 0.6) is 103 Å². The van der Waals surface area contributed by atoms with E-state index in [4.69, 9.17) is 58.8 Å². The van der Waals surface area contributed by atoms with Crippen molar-refractivity contribution < 1.29 is 176 Å². The zero-order valence-electron chi connectivity index (χ0n) is 77.7. The monoisotopic (exact) mass is 2030 g/mol. The number of halogens is 14. The normalized spacial score (nSPS) is 11.0. The molecule has 0 spiro atoms. The van der Waals surface area contributed by atoms with Crippen LogP contribution in [-0.4, -0.2) is 170 Å². The minimum atomic E-state index is -4.93. The number of ether oxygens (including phenoxy) is 16. The molecule has 760 valence electrons. The standard InChI is InChI=1S/C24H22F3N3O7.C23H19F4N3O6.C23H21F3N4O6.C22H18F4N4O5/c1-12-10-29-16(23(32)35-5)9-15(12)30-22(31)20-19(11-28-13(2)21(20)34-4)36-17-7-6-14(8-18(17)33-3)37-24(25,26)27;1-11-9-29-15(22(32)34-4)8-14(11)30-21(31)19-18(10-28-12(2)20(19)24)35-16-6-5-13(7-17(16)33-3)36-23(25,26)27;1-11-9-29-15(21(27)31)8-14(11)30-22(32)19-18(10-28-12(2)20(19)34-4)35-16-6-5-13(7-17(16)33-3)36-23(24,25)26;1-10-8-29-14(20(27)31)7-13(10)30-21(32)18-17(9-28-11(2)19(18)23)34-15-5-4-12(6-16(15)33-3)35-22(24,25)26/h6-11H,1-5H3,(H,29,30,31);5-10H,1-4H3,(H,29,30,31);5-10H,1-4H3,(H2,27,31)(H,29,30,32);4-9H,1-3H3,(H2,27,31)(H,29,30,32). The fourth-order valence-corrected chi connectivity index (χ4v) is 12.2. The summed E-state index contributed by atoms with van der Waals surface area (Å²) < 4.78 is 259. The topological polar surface area (TPSA) is 488 Å². The molecule has 52 heteroatoms. The van der Waals surface area contributed by atoms with Crippen LogP contribution in [-0.2, 0) is 9.47 Å². The third-order valence-corrected chi connectivity index (χ3v) is 19.0. The number of esters is 2. The molecule has 0 aliphatic heterocycles. The first-order valence-electron chi connectivity index (χ1n) is 40.4. The molecular formula is C92H80F14N14O24. The van der Waals surface area contributed by atoms with Gasteiger partial charge in [0.15, 0.2) is 92.1 Å². The number of aryl methyl sites for hydroxylation is 8. The van der Waals surface area contributed by atoms with Crippen molar-refractivity contribution in [3.8, 4) is 103 Å². The van der Waals surface area contributed by atoms with E-state index in [0.717, 1.165) is 80.2 Å². The smallest absolute Gasteiger partial charge is 0.494 e. The Morgan fingerprint density at radius 1 is 0.271 bits per heavy atom. The van der Waals surface area contributed by atoms with Crippen LogP contribution < -0.4 is 99.1 Å². The molecule has 0 aliphatic rings. The van der Waals surface area contributed by atoms with E-state index in [-0.39, 0.29) is 149 Å². The highest BCUT2D eigenvalue weighted by molar-refractivity contribution is 6.11. The first-order chi connectivity index (χ1) is 67.7. The highest BCUT2D eigenvalue weighted by Gasteiger charge is 2.37. The number of nitrogens with one attached hydrogen (secondary N) is 4. The number of amides is 6. The molecule has 8 aromatic heterocycles. The molecular weight excluding hydrogens is 1950 g/mol. The second-order valence-electron chi connectivity index (χ2n) is 28.9. The maximum Gasteiger partial charge on any atom is 0.573 e. The van der Waals surface area contributed by atoms with Crippen LogP contribution in [0.15, 0.2) is 147 Å². The molecule has 6 amide bonds. The van der Waals surface area contributed by atoms with Gasteiger partial charge in [0.2, 0.25) is 0 Å². The van der Waals surface area contributed by atoms with Crippen LogP contribution in [0, 0.1) is 67.0 Å². The first kappa shape index (κ1) is 110. The van der Waals surface area contributed by atoms with E-state index in [0.29, 0.717) is 33.6 Å². The largest absolute Gasteiger partial charge is 0.573 e. The lowest BCUT2D eigenvalue weighted by Crippen LogP contribution is -2.19. The summed E-state index contributed by atoms with van der Waals surface area (Å²) in [6.45, 7) is 12.4. The summed E-state index contributed by atoms with van der Waals surface area (Å²) in [5.74, 6) is -12.1. The number of carbonyl (C=O) groups is 8. The third-order valence-electron chi connectivity index (χ3n) is 19.0. The van der Waals surface area contributed by atoms with Crippen molar-refractivity contribution in [1.29, 1.82) is 0 Å². The maximum absolute atomic E-state index is 15.0. The molecule has 0 aliphatic carbocycles. The van der Waals surface area contributed by atoms with Gasteiger partial charge in [0.05, 0.1) is 104 Å². The summed E-state index contributed by atoms with van der Waals surface area (Å²) in [4.78, 5) is 131. The number of nitrogens with two attached hydrogens (primary N) is 2. The summed E-state index contributed by atoms with van der Waals surface area (Å²) in [6.07, 6.45) is -9.61. The Balaban J connectivity index is 0.000000214. The number of nitrogens with zero attached hydrogens (tertiary/aromatic N) is 8. The molecule has 0 atom stereocenters. The lowest BCUT2D eigenvalue weighted by molar-refractivity contribution is -0.275. The molecule has 4 aromatic carbocycles. The van der Waals surface area contributed by atoms with E-state index in [2.05, 4.69) is 89.6 Å². The van der Waals surface area contributed by atoms with Crippen LogP contribution in [0.2, 0.25) is 0 Å². The van der Waals surface area contributed by atoms with Crippen LogP contribution in [0.3, 0.4) is 0 Å². The van der Waals surface area contributed by atoms with Gasteiger partial charge in [-0.05, 0) is 150 Å². The Bertz CT molecular complexity index is 6860. The number of benzene rings is 4. The number of carbonyl (C=O) groups excluding carboxylic acids is 8. The summed E-state index contributed by atoms with van der Waals surface area (Å²) in [7, 11) is 9.83. The highest BCUT2D eigenvalue weighted by atomic mass is 19.4. The molecule has 0 bridgehead atoms. The van der Waals surface area contributed by atoms with Crippen molar-refractivity contribution in [3.05, 3.63) is 248 Å². The zero-order chi connectivity index (χ0) is 106. The molecule has 8 N–H and O–H groups in total. The van der Waals surface area contributed by atoms with Crippen molar-refractivity contribution in [2.75, 3.05) is 78.1 Å². The predicted molar refractivity (Wildman–Crippen MR) is 475 cm³/mol. The number of hydrogen-bond acceptors (Lipinski definition) is 32. The fraction of sp³-hybridized carbons (Fsp3) is 0.217. The van der Waals surface area contributed by atoms with Crippen LogP contribution in [0.1, 0.15) is 128 Å². The number of aromatic nitrogens is 8. The number of hydrogen-bond donors (Lipinski definition) is 6. The lowest BCUT2D eigenvalue weighted by atomic mass is 10.1. The molecule has 144 heavy (non-hydrogen) atoms. The second kappa shape index (κ2) is 47.1. The summed E-state index contributed by atoms with van der Waals surface area (Å²) in [5.41, 5.74) is 12.3. The molecule has 0 fully saturated rings. The van der Waals surface area contributed by atoms with Crippen LogP contribution in [0.4, 0.5) is 84.2 Å². The molecule has 38 nitrogen and oxygen atoms in total. The van der Waals surface area contributed by atoms with Gasteiger partial charge >= 0.3 is 37.4 Å². The number of rotatable bonds is 30. The molecule has 0 unspecified atom stereocenters. The fourth-order valence-electron chi connectivity index (χ4n) is 12.2. The number of primary amides is 2. The van der Waals surface area contributed by atoms with Gasteiger partial charge in [-0.15, -0.1) is 52.7 Å². The van der Waals surface area contributed by atoms with Crippen LogP contribution in [0.25, 0.3) is 0 Å². The average Bonchev–Trinajstić information content (AvgIpc) is 0.804. The van der Waals surface area contributed by atoms with E-state index in [1.807, 2.05) is 0 Å². The van der Waals surface area contributed by atoms with Gasteiger partial charge in [0, 0.05) is 71.8 Å². The van der Waals surface area contributed by atoms with Crippen molar-refractivity contribution in [3.63, 3.8) is 0 Å². The highest BCUT2D eigenvalue weighted by Crippen LogP contribution is 2.46. The van der Waals surface area contributed by atoms with Gasteiger partial charge in [0.1, 0.15) is 68.0 Å². The van der Waals surface area contributed by atoms with Gasteiger partial charge < -0.3 is 109 Å². The van der Waals surface area contributed by atoms with Gasteiger partial charge in [-0.3, -0.25) is 58.7 Å². The number of alkyl halides is 12. The van der Waals surface area contributed by atoms with Crippen molar-refractivity contribution in [1.82, 2.24) is 39.9 Å². The van der Waals surface area contributed by atoms with Crippen molar-refractivity contribution >= 4 is 70.1 Å². The Labute approximate surface area is 804 Å². The molecule has 0 saturated heterocycles. The van der Waals surface area contributed by atoms with Crippen molar-refractivity contribution in [2.24, 2.45) is 11.5 Å². The maximum atomic E-state index is 15.0. The molecule has 0 saturated carbocycles. The lowest BCUT2D eigenvalue weighted by Gasteiger charge is -2.18. The molecule has 0 radical (unpaired) electrons. The van der Waals surface area contributed by atoms with Crippen molar-refractivity contribution in [2.45, 2.75) is 80.8 Å². The number of methoxy groups -OCH3 is 8. The summed E-state index contributed by atoms with van der Waals surface area (Å²) in [6, 6.07) is 17.4. The van der Waals surface area contributed by atoms with E-state index >= 15 is 4.39 Å². The molecule has 8 heterocycles. The van der Waals surface area contributed by atoms with Gasteiger partial charge in [-0.2, -0.15) is 0 Å². The third kappa shape index (κ3) is 29.1. The SMILES string of the molecule is COC(=O)c1cc(NC(=O)c2c(Oc3ccc(OC(F)(F)F)cc3OC)cnc(C)c2F)c(C)cn1.COC(=O)c1cc(NC(=O)c2c(Oc3ccc(OC(F)(F)F)cc3OC)cnc(C)c2OC)c(C)cn1.COc1cc(OC(F)(F)F)ccc1Oc1cnc(C)c(F)c1C(=O)Nc1cc(C(N)=O)ncc1C.COc1cc(OC(F)(F)F)ccc1Oc1cnc(C)c(OC)c1C(=O)Nc1cc(C(N)=O)ncc1C. The Kier molecular flexibility index (Phi) is 35.9. The Morgan fingerprint density at radius 2 is 0.493 bits per heavy atom. The van der Waals surface area contributed by atoms with Gasteiger partial charge in [0.25, 0.3) is 35.4 Å². The minimum Gasteiger partial charge on any atom is -0.494 e. The van der Waals surface area contributed by atoms with Gasteiger partial charge in [-0.1, -0.05) is 0 Å². The number of anilines is 4. The second-order valence-corrected chi connectivity index (χ2v) is 28.9. The van der Waals surface area contributed by atoms with E-state index in [1.54, 1.807) is 41.5 Å². The molecule has 12 rings (SSSR count). The first-order valence-corrected chi connectivity index (χ1v) is 40.4. The van der Waals surface area contributed by atoms with Crippen LogP contribution >= 0.6 is 0 Å². The predicted octanol–water partition coefficient (Wildman–Crippen LogP) is 18.2. The van der Waals surface area contributed by atoms with Gasteiger partial charge in [-0.25, -0.2) is 28.3 Å². The minimum absolute atomic E-state index is 0.0214. The summed E-state index contributed by atoms with van der Waals surface area (Å²) >= 11 is 0. The van der Waals surface area contributed by atoms with E-state index in [1.165, 1.54) is 137 Å². The quantitative estimate of drug-likeness (QED) is 0.0180. The van der Waals surface area contributed by atoms with E-state index in [9.17, 15) is 95.4 Å². The zero-order valence-corrected chi connectivity index (χ0v) is 77.7. The Morgan fingerprint density at radius 3 is 0.715 bits per heavy atom.